The molecule has 0 nitrogen and oxygen atoms in total. The Morgan fingerprint density at radius 2 is 2.20 bits per heavy atom. The first-order valence-corrected chi connectivity index (χ1v) is 5.96. The third kappa shape index (κ3) is 1.52. The summed E-state index contributed by atoms with van der Waals surface area (Å²) >= 11 is 0. The van der Waals surface area contributed by atoms with E-state index in [0.717, 1.165) is 6.42 Å². The highest BCUT2D eigenvalue weighted by Gasteiger charge is 2.45. The maximum atomic E-state index is 4.28. The Balaban J connectivity index is 2.15. The van der Waals surface area contributed by atoms with Crippen LogP contribution in [0.5, 0.6) is 0 Å². The first-order chi connectivity index (χ1) is 7.14. The van der Waals surface area contributed by atoms with Gasteiger partial charge in [-0.15, -0.1) is 0 Å². The van der Waals surface area contributed by atoms with Gasteiger partial charge in [0.2, 0.25) is 0 Å². The molecule has 0 N–H and O–H groups in total. The van der Waals surface area contributed by atoms with Crippen LogP contribution in [0.25, 0.3) is 0 Å². The van der Waals surface area contributed by atoms with Crippen molar-refractivity contribution in [3.63, 3.8) is 0 Å². The molecule has 2 aliphatic rings. The second kappa shape index (κ2) is 3.52. The largest absolute Gasteiger partial charge is 0.0981 e. The minimum atomic E-state index is 0.147. The highest BCUT2D eigenvalue weighted by molar-refractivity contribution is 5.64. The van der Waals surface area contributed by atoms with Crippen LogP contribution in [0.1, 0.15) is 33.6 Å². The fraction of sp³-hybridized carbons (Fsp3) is 0.467. The van der Waals surface area contributed by atoms with Crippen molar-refractivity contribution in [3.05, 3.63) is 47.6 Å². The van der Waals surface area contributed by atoms with Crippen LogP contribution in [0.3, 0.4) is 0 Å². The van der Waals surface area contributed by atoms with Crippen LogP contribution >= 0.6 is 0 Å². The molecular formula is C15H20. The Morgan fingerprint density at radius 1 is 1.47 bits per heavy atom. The van der Waals surface area contributed by atoms with Gasteiger partial charge in [-0.1, -0.05) is 57.2 Å². The first kappa shape index (κ1) is 10.5. The predicted octanol–water partition coefficient (Wildman–Crippen LogP) is 4.42. The molecule has 2 aliphatic carbocycles. The molecule has 2 rings (SSSR count). The van der Waals surface area contributed by atoms with E-state index in [0.29, 0.717) is 5.92 Å². The van der Waals surface area contributed by atoms with Gasteiger partial charge in [0.15, 0.2) is 0 Å². The summed E-state index contributed by atoms with van der Waals surface area (Å²) in [5.74, 6) is 0.611. The maximum absolute atomic E-state index is 4.28. The third-order valence-electron chi connectivity index (χ3n) is 3.83. The van der Waals surface area contributed by atoms with Crippen LogP contribution in [0.2, 0.25) is 0 Å². The molecule has 0 fully saturated rings. The van der Waals surface area contributed by atoms with E-state index in [-0.39, 0.29) is 5.41 Å². The summed E-state index contributed by atoms with van der Waals surface area (Å²) in [6, 6.07) is 0. The molecule has 2 atom stereocenters. The predicted molar refractivity (Wildman–Crippen MR) is 66.6 cm³/mol. The van der Waals surface area contributed by atoms with Crippen molar-refractivity contribution in [2.24, 2.45) is 11.3 Å². The average molecular weight is 200 g/mol. The zero-order chi connectivity index (χ0) is 11.1. The normalized spacial score (nSPS) is 29.0. The van der Waals surface area contributed by atoms with Crippen molar-refractivity contribution < 1.29 is 0 Å². The molecule has 0 bridgehead atoms. The van der Waals surface area contributed by atoms with Crippen LogP contribution in [-0.4, -0.2) is 0 Å². The molecule has 0 saturated heterocycles. The van der Waals surface area contributed by atoms with Gasteiger partial charge in [0, 0.05) is 0 Å². The van der Waals surface area contributed by atoms with E-state index in [4.69, 9.17) is 0 Å². The summed E-state index contributed by atoms with van der Waals surface area (Å²) in [4.78, 5) is 0. The van der Waals surface area contributed by atoms with Gasteiger partial charge < -0.3 is 0 Å². The monoisotopic (exact) mass is 200 g/mol. The van der Waals surface area contributed by atoms with Crippen LogP contribution in [0, 0.1) is 11.3 Å². The van der Waals surface area contributed by atoms with Gasteiger partial charge >= 0.3 is 0 Å². The Hall–Kier alpha value is -1.04. The Morgan fingerprint density at radius 3 is 2.73 bits per heavy atom. The molecule has 80 valence electrons. The third-order valence-corrected chi connectivity index (χ3v) is 3.83. The van der Waals surface area contributed by atoms with E-state index < -0.39 is 0 Å². The van der Waals surface area contributed by atoms with E-state index in [2.05, 4.69) is 51.7 Å². The summed E-state index contributed by atoms with van der Waals surface area (Å²) < 4.78 is 0. The van der Waals surface area contributed by atoms with Crippen LogP contribution in [-0.2, 0) is 0 Å². The fourth-order valence-electron chi connectivity index (χ4n) is 2.26. The second-order valence-electron chi connectivity index (χ2n) is 4.71. The highest BCUT2D eigenvalue weighted by atomic mass is 14.5. The topological polar surface area (TPSA) is 0 Å². The lowest BCUT2D eigenvalue weighted by molar-refractivity contribution is 0.586. The first-order valence-electron chi connectivity index (χ1n) is 5.96. The lowest BCUT2D eigenvalue weighted by Crippen LogP contribution is -2.13. The molecule has 0 aromatic heterocycles. The second-order valence-corrected chi connectivity index (χ2v) is 4.71. The number of fused-ring (bicyclic) bond motifs is 1. The lowest BCUT2D eigenvalue weighted by atomic mass is 9.79. The molecule has 0 heterocycles. The van der Waals surface area contributed by atoms with Crippen LogP contribution in [0.4, 0.5) is 0 Å². The molecule has 0 aromatic rings. The highest BCUT2D eigenvalue weighted by Crippen LogP contribution is 2.56. The molecule has 0 aromatic carbocycles. The molecule has 0 heteroatoms. The molecule has 0 radical (unpaired) electrons. The maximum Gasteiger partial charge on any atom is 0.0529 e. The Bertz CT molecular complexity index is 379. The fourth-order valence-corrected chi connectivity index (χ4v) is 2.26. The Kier molecular flexibility index (Phi) is 2.46. The van der Waals surface area contributed by atoms with Crippen molar-refractivity contribution >= 4 is 0 Å². The van der Waals surface area contributed by atoms with E-state index in [1.807, 2.05) is 0 Å². The van der Waals surface area contributed by atoms with Crippen molar-refractivity contribution in [2.75, 3.05) is 0 Å². The zero-order valence-corrected chi connectivity index (χ0v) is 10.0. The summed E-state index contributed by atoms with van der Waals surface area (Å²) in [6.07, 6.45) is 11.6. The van der Waals surface area contributed by atoms with E-state index in [1.165, 1.54) is 23.1 Å². The van der Waals surface area contributed by atoms with Crippen molar-refractivity contribution in [1.29, 1.82) is 0 Å². The molecule has 0 spiro atoms. The molecule has 15 heavy (non-hydrogen) atoms. The molecular weight excluding hydrogens is 180 g/mol. The SMILES string of the molecule is C=C(C(C)CC)C12C=CC(CC)=CC1=C2. The lowest BCUT2D eigenvalue weighted by Gasteiger charge is -2.24. The summed E-state index contributed by atoms with van der Waals surface area (Å²) in [6.45, 7) is 11.0. The molecule has 0 amide bonds. The van der Waals surface area contributed by atoms with Crippen LogP contribution < -0.4 is 0 Å². The van der Waals surface area contributed by atoms with Crippen molar-refractivity contribution in [1.82, 2.24) is 0 Å². The van der Waals surface area contributed by atoms with Gasteiger partial charge in [-0.2, -0.15) is 0 Å². The van der Waals surface area contributed by atoms with Gasteiger partial charge in [-0.05, 0) is 29.9 Å². The summed E-state index contributed by atoms with van der Waals surface area (Å²) in [7, 11) is 0. The van der Waals surface area contributed by atoms with Gasteiger partial charge in [0.25, 0.3) is 0 Å². The quantitative estimate of drug-likeness (QED) is 0.589. The molecule has 0 saturated carbocycles. The minimum absolute atomic E-state index is 0.147. The average Bonchev–Trinajstić information content (AvgIpc) is 3.01. The summed E-state index contributed by atoms with van der Waals surface area (Å²) in [5, 5.41) is 0. The number of rotatable bonds is 4. The standard InChI is InChI=1S/C15H20/c1-5-11(3)12(4)15-8-7-13(6-2)9-14(15)10-15/h7-11H,4-6H2,1-3H3. The number of hydrogen-bond acceptors (Lipinski definition) is 0. The van der Waals surface area contributed by atoms with Crippen LogP contribution in [0.15, 0.2) is 47.6 Å². The summed E-state index contributed by atoms with van der Waals surface area (Å²) in [5.41, 5.74) is 4.41. The van der Waals surface area contributed by atoms with Gasteiger partial charge in [-0.25, -0.2) is 0 Å². The zero-order valence-electron chi connectivity index (χ0n) is 10.0. The Labute approximate surface area is 93.1 Å². The van der Waals surface area contributed by atoms with Gasteiger partial charge in [0.1, 0.15) is 0 Å². The van der Waals surface area contributed by atoms with Crippen molar-refractivity contribution in [3.8, 4) is 0 Å². The van der Waals surface area contributed by atoms with Gasteiger partial charge in [-0.3, -0.25) is 0 Å². The molecule has 2 unspecified atom stereocenters. The minimum Gasteiger partial charge on any atom is -0.0981 e. The molecule has 0 aliphatic heterocycles. The van der Waals surface area contributed by atoms with E-state index in [1.54, 1.807) is 0 Å². The number of allylic oxidation sites excluding steroid dienone is 7. The van der Waals surface area contributed by atoms with E-state index >= 15 is 0 Å². The van der Waals surface area contributed by atoms with Gasteiger partial charge in [0.05, 0.1) is 5.41 Å². The van der Waals surface area contributed by atoms with E-state index in [9.17, 15) is 0 Å². The smallest absolute Gasteiger partial charge is 0.0529 e. The van der Waals surface area contributed by atoms with Crippen molar-refractivity contribution in [2.45, 2.75) is 33.6 Å². The number of hydrogen-bond donors (Lipinski definition) is 0.